The van der Waals surface area contributed by atoms with Crippen molar-refractivity contribution in [1.82, 2.24) is 10.2 Å². The smallest absolute Gasteiger partial charge is 0.416 e. The molecule has 2 aromatic rings. The minimum atomic E-state index is -4.45. The van der Waals surface area contributed by atoms with Gasteiger partial charge in [0.15, 0.2) is 16.6 Å². The molecule has 1 spiro atoms. The van der Waals surface area contributed by atoms with Crippen LogP contribution < -0.4 is 19.7 Å². The second kappa shape index (κ2) is 6.83. The van der Waals surface area contributed by atoms with Crippen LogP contribution in [-0.4, -0.2) is 48.4 Å². The van der Waals surface area contributed by atoms with Gasteiger partial charge in [-0.15, -0.1) is 0 Å². The Labute approximate surface area is 181 Å². The number of likely N-dealkylation sites (tertiary alicyclic amines) is 1. The van der Waals surface area contributed by atoms with E-state index in [1.165, 1.54) is 17.0 Å². The third-order valence-corrected chi connectivity index (χ3v) is 6.26. The van der Waals surface area contributed by atoms with Gasteiger partial charge in [-0.05, 0) is 61.2 Å². The second-order valence-corrected chi connectivity index (χ2v) is 8.34. The van der Waals surface area contributed by atoms with Crippen LogP contribution in [0.2, 0.25) is 0 Å². The minimum absolute atomic E-state index is 0.150. The number of nitrogens with zero attached hydrogens (tertiary/aromatic N) is 2. The maximum atomic E-state index is 13.7. The quantitative estimate of drug-likeness (QED) is 0.712. The van der Waals surface area contributed by atoms with Crippen LogP contribution in [0.25, 0.3) is 0 Å². The molecule has 0 saturated carbocycles. The SMILES string of the molecule is CN1C[C@H](c2ccc3c(c2)OCO3)[C@]2(C1)NC(=S)N(c1ccc(C(F)(F)F)cc1)C2=O. The summed E-state index contributed by atoms with van der Waals surface area (Å²) in [6.07, 6.45) is -4.45. The summed E-state index contributed by atoms with van der Waals surface area (Å²) in [4.78, 5) is 17.0. The molecule has 1 amide bonds. The van der Waals surface area contributed by atoms with Crippen LogP contribution in [0.15, 0.2) is 42.5 Å². The van der Waals surface area contributed by atoms with E-state index in [4.69, 9.17) is 21.7 Å². The first-order valence-corrected chi connectivity index (χ1v) is 10.0. The van der Waals surface area contributed by atoms with Gasteiger partial charge in [0.2, 0.25) is 6.79 Å². The number of carbonyl (C=O) groups is 1. The average molecular weight is 449 g/mol. The van der Waals surface area contributed by atoms with E-state index in [1.54, 1.807) is 0 Å². The number of alkyl halides is 3. The summed E-state index contributed by atoms with van der Waals surface area (Å²) in [5.41, 5.74) is -0.615. The van der Waals surface area contributed by atoms with Gasteiger partial charge in [-0.3, -0.25) is 9.69 Å². The third kappa shape index (κ3) is 3.12. The molecule has 5 rings (SSSR count). The standard InChI is InChI=1S/C21H18F3N3O3S/c1-26-9-15(12-2-7-16-17(8-12)30-11-29-16)20(10-26)18(28)27(19(31)25-20)14-5-3-13(4-6-14)21(22,23)24/h2-8,15H,9-11H2,1H3,(H,25,31)/t15-,20+/m1/s1. The molecule has 6 nitrogen and oxygen atoms in total. The van der Waals surface area contributed by atoms with Gasteiger partial charge >= 0.3 is 6.18 Å². The predicted octanol–water partition coefficient (Wildman–Crippen LogP) is 3.12. The Balaban J connectivity index is 1.50. The van der Waals surface area contributed by atoms with Crippen LogP contribution >= 0.6 is 12.2 Å². The van der Waals surface area contributed by atoms with Crippen molar-refractivity contribution in [3.05, 3.63) is 53.6 Å². The van der Waals surface area contributed by atoms with Crippen molar-refractivity contribution in [3.63, 3.8) is 0 Å². The molecule has 10 heteroatoms. The number of amides is 1. The molecule has 3 heterocycles. The topological polar surface area (TPSA) is 54.0 Å². The number of benzene rings is 2. The molecule has 162 valence electrons. The van der Waals surface area contributed by atoms with Crippen molar-refractivity contribution in [2.45, 2.75) is 17.6 Å². The van der Waals surface area contributed by atoms with Crippen molar-refractivity contribution in [2.75, 3.05) is 31.8 Å². The van der Waals surface area contributed by atoms with Crippen LogP contribution in [0.4, 0.5) is 18.9 Å². The summed E-state index contributed by atoms with van der Waals surface area (Å²) in [6.45, 7) is 1.15. The fourth-order valence-corrected chi connectivity index (χ4v) is 4.93. The number of anilines is 1. The number of nitrogens with one attached hydrogen (secondary N) is 1. The first-order chi connectivity index (χ1) is 14.7. The highest BCUT2D eigenvalue weighted by atomic mass is 32.1. The minimum Gasteiger partial charge on any atom is -0.454 e. The van der Waals surface area contributed by atoms with E-state index >= 15 is 0 Å². The first kappa shape index (κ1) is 20.1. The number of ether oxygens (including phenoxy) is 2. The lowest BCUT2D eigenvalue weighted by atomic mass is 9.81. The van der Waals surface area contributed by atoms with Crippen molar-refractivity contribution in [1.29, 1.82) is 0 Å². The Morgan fingerprint density at radius 3 is 2.55 bits per heavy atom. The predicted molar refractivity (Wildman–Crippen MR) is 110 cm³/mol. The van der Waals surface area contributed by atoms with E-state index in [0.29, 0.717) is 30.3 Å². The third-order valence-electron chi connectivity index (χ3n) is 5.98. The summed E-state index contributed by atoms with van der Waals surface area (Å²) in [6, 6.07) is 10.0. The van der Waals surface area contributed by atoms with Gasteiger partial charge in [0.1, 0.15) is 5.54 Å². The highest BCUT2D eigenvalue weighted by Gasteiger charge is 2.59. The summed E-state index contributed by atoms with van der Waals surface area (Å²) in [7, 11) is 1.91. The lowest BCUT2D eigenvalue weighted by molar-refractivity contribution is -0.137. The van der Waals surface area contributed by atoms with Gasteiger partial charge < -0.3 is 19.7 Å². The van der Waals surface area contributed by atoms with Crippen LogP contribution in [0.1, 0.15) is 17.0 Å². The van der Waals surface area contributed by atoms with Crippen LogP contribution in [0.5, 0.6) is 11.5 Å². The largest absolute Gasteiger partial charge is 0.454 e. The molecule has 0 bridgehead atoms. The lowest BCUT2D eigenvalue weighted by Gasteiger charge is -2.28. The van der Waals surface area contributed by atoms with Crippen molar-refractivity contribution < 1.29 is 27.4 Å². The Morgan fingerprint density at radius 2 is 1.84 bits per heavy atom. The summed E-state index contributed by atoms with van der Waals surface area (Å²) < 4.78 is 49.6. The zero-order valence-corrected chi connectivity index (χ0v) is 17.2. The number of rotatable bonds is 2. The fraction of sp³-hybridized carbons (Fsp3) is 0.333. The number of fused-ring (bicyclic) bond motifs is 1. The van der Waals surface area contributed by atoms with Crippen molar-refractivity contribution >= 4 is 28.9 Å². The van der Waals surface area contributed by atoms with E-state index in [-0.39, 0.29) is 23.7 Å². The zero-order chi connectivity index (χ0) is 22.0. The van der Waals surface area contributed by atoms with Gasteiger partial charge in [0.25, 0.3) is 5.91 Å². The van der Waals surface area contributed by atoms with Crippen LogP contribution in [0.3, 0.4) is 0 Å². The second-order valence-electron chi connectivity index (χ2n) is 7.95. The van der Waals surface area contributed by atoms with Gasteiger partial charge in [0.05, 0.1) is 11.3 Å². The van der Waals surface area contributed by atoms with Crippen LogP contribution in [0, 0.1) is 0 Å². The summed E-state index contributed by atoms with van der Waals surface area (Å²) in [5.74, 6) is 0.743. The highest BCUT2D eigenvalue weighted by molar-refractivity contribution is 7.80. The number of thiocarbonyl (C=S) groups is 1. The van der Waals surface area contributed by atoms with Crippen molar-refractivity contribution in [2.24, 2.45) is 0 Å². The molecule has 2 atom stereocenters. The van der Waals surface area contributed by atoms with E-state index in [2.05, 4.69) is 5.32 Å². The Hall–Kier alpha value is -2.85. The molecule has 2 aromatic carbocycles. The number of hydrogen-bond acceptors (Lipinski definition) is 5. The number of hydrogen-bond donors (Lipinski definition) is 1. The maximum absolute atomic E-state index is 13.7. The molecule has 0 unspecified atom stereocenters. The normalized spacial score (nSPS) is 25.5. The molecule has 2 saturated heterocycles. The monoisotopic (exact) mass is 449 g/mol. The Kier molecular flexibility index (Phi) is 4.42. The molecular formula is C21H18F3N3O3S. The highest BCUT2D eigenvalue weighted by Crippen LogP contribution is 2.44. The molecule has 0 aliphatic carbocycles. The molecule has 1 N–H and O–H groups in total. The van der Waals surface area contributed by atoms with E-state index in [0.717, 1.165) is 17.7 Å². The first-order valence-electron chi connectivity index (χ1n) is 9.61. The molecule has 2 fully saturated rings. The lowest BCUT2D eigenvalue weighted by Crippen LogP contribution is -2.52. The fourth-order valence-electron chi connectivity index (χ4n) is 4.56. The molecular weight excluding hydrogens is 431 g/mol. The maximum Gasteiger partial charge on any atom is 0.416 e. The Bertz CT molecular complexity index is 1080. The van der Waals surface area contributed by atoms with Gasteiger partial charge in [0, 0.05) is 19.0 Å². The van der Waals surface area contributed by atoms with Gasteiger partial charge in [-0.2, -0.15) is 13.2 Å². The zero-order valence-electron chi connectivity index (χ0n) is 16.4. The molecule has 3 aliphatic heterocycles. The van der Waals surface area contributed by atoms with Gasteiger partial charge in [-0.25, -0.2) is 0 Å². The van der Waals surface area contributed by atoms with Gasteiger partial charge in [-0.1, -0.05) is 6.07 Å². The average Bonchev–Trinajstić information content (AvgIpc) is 3.37. The van der Waals surface area contributed by atoms with E-state index in [9.17, 15) is 18.0 Å². The number of likely N-dealkylation sites (N-methyl/N-ethyl adjacent to an activating group) is 1. The molecule has 31 heavy (non-hydrogen) atoms. The Morgan fingerprint density at radius 1 is 1.13 bits per heavy atom. The number of halogens is 3. The van der Waals surface area contributed by atoms with Crippen LogP contribution in [-0.2, 0) is 11.0 Å². The number of carbonyl (C=O) groups excluding carboxylic acids is 1. The molecule has 3 aliphatic rings. The van der Waals surface area contributed by atoms with E-state index < -0.39 is 17.3 Å². The summed E-state index contributed by atoms with van der Waals surface area (Å²) >= 11 is 5.44. The molecule has 0 aromatic heterocycles. The van der Waals surface area contributed by atoms with E-state index in [1.807, 2.05) is 30.1 Å². The summed E-state index contributed by atoms with van der Waals surface area (Å²) in [5, 5.41) is 3.36. The molecule has 0 radical (unpaired) electrons. The van der Waals surface area contributed by atoms with Crippen molar-refractivity contribution in [3.8, 4) is 11.5 Å².